The van der Waals surface area contributed by atoms with E-state index < -0.39 is 91.5 Å². The maximum absolute atomic E-state index is 12.8. The van der Waals surface area contributed by atoms with Crippen molar-refractivity contribution in [3.05, 3.63) is 72.9 Å². The van der Waals surface area contributed by atoms with Crippen molar-refractivity contribution < 1.29 is 75.8 Å². The molecular formula is C65H116O16P2. The van der Waals surface area contributed by atoms with E-state index in [2.05, 4.69) is 93.7 Å². The average Bonchev–Trinajstić information content (AvgIpc) is 3.46. The van der Waals surface area contributed by atoms with E-state index in [1.807, 2.05) is 0 Å². The number of phosphoric ester groups is 2. The number of aliphatic hydroxyl groups excluding tert-OH is 2. The Labute approximate surface area is 503 Å². The molecule has 0 fully saturated rings. The summed E-state index contributed by atoms with van der Waals surface area (Å²) in [6.45, 7) is 2.48. The lowest BCUT2D eigenvalue weighted by molar-refractivity contribution is -0.161. The Kier molecular flexibility index (Phi) is 57.2. The molecule has 0 bridgehead atoms. The van der Waals surface area contributed by atoms with Crippen LogP contribution in [0.15, 0.2) is 72.9 Å². The number of rotatable bonds is 61. The molecule has 18 heteroatoms. The summed E-state index contributed by atoms with van der Waals surface area (Å²) in [5.74, 6) is -1.58. The SMILES string of the molecule is CC/C=C\C/C=C\C/C=C\C/C=C\C/C=C\CCCCCCCCCCCC(=O)OCC(O)COP(=O)(O)OCC(O)COP(=O)(O)OCC(COC(=O)CCCCCCC/C=C\CCCC)OC(=O)CCCCCCCCCCCCC. The molecule has 4 N–H and O–H groups in total. The third-order valence-corrected chi connectivity index (χ3v) is 15.3. The van der Waals surface area contributed by atoms with Gasteiger partial charge in [0.05, 0.1) is 26.4 Å². The van der Waals surface area contributed by atoms with Gasteiger partial charge >= 0.3 is 33.6 Å². The molecule has 0 saturated heterocycles. The average molecular weight is 1220 g/mol. The molecule has 0 spiro atoms. The van der Waals surface area contributed by atoms with Crippen LogP contribution < -0.4 is 0 Å². The molecule has 0 aromatic heterocycles. The van der Waals surface area contributed by atoms with E-state index in [1.54, 1.807) is 0 Å². The van der Waals surface area contributed by atoms with Gasteiger partial charge in [-0.05, 0) is 83.5 Å². The van der Waals surface area contributed by atoms with Crippen molar-refractivity contribution in [2.75, 3.05) is 39.6 Å². The number of allylic oxidation sites excluding steroid dienone is 12. The minimum absolute atomic E-state index is 0.107. The first-order chi connectivity index (χ1) is 40.2. The van der Waals surface area contributed by atoms with Crippen LogP contribution in [0.3, 0.4) is 0 Å². The van der Waals surface area contributed by atoms with Crippen molar-refractivity contribution in [3.63, 3.8) is 0 Å². The van der Waals surface area contributed by atoms with Crippen LogP contribution in [0.25, 0.3) is 0 Å². The molecule has 5 atom stereocenters. The summed E-state index contributed by atoms with van der Waals surface area (Å²) in [6, 6.07) is 0. The molecule has 0 heterocycles. The van der Waals surface area contributed by atoms with Gasteiger partial charge < -0.3 is 34.2 Å². The van der Waals surface area contributed by atoms with Crippen LogP contribution >= 0.6 is 15.6 Å². The molecule has 16 nitrogen and oxygen atoms in total. The van der Waals surface area contributed by atoms with E-state index in [-0.39, 0.29) is 19.3 Å². The summed E-state index contributed by atoms with van der Waals surface area (Å²) >= 11 is 0. The molecule has 0 rings (SSSR count). The van der Waals surface area contributed by atoms with Gasteiger partial charge in [-0.3, -0.25) is 32.5 Å². The lowest BCUT2D eigenvalue weighted by atomic mass is 10.1. The molecular weight excluding hydrogens is 1100 g/mol. The van der Waals surface area contributed by atoms with Crippen molar-refractivity contribution in [1.82, 2.24) is 0 Å². The Bertz CT molecular complexity index is 1820. The summed E-state index contributed by atoms with van der Waals surface area (Å²) in [5, 5.41) is 20.5. The van der Waals surface area contributed by atoms with Gasteiger partial charge in [0.25, 0.3) is 0 Å². The Morgan fingerprint density at radius 1 is 0.349 bits per heavy atom. The molecule has 0 aliphatic heterocycles. The highest BCUT2D eigenvalue weighted by atomic mass is 31.2. The van der Waals surface area contributed by atoms with Gasteiger partial charge in [0.2, 0.25) is 0 Å². The first-order valence-corrected chi connectivity index (χ1v) is 35.2. The summed E-state index contributed by atoms with van der Waals surface area (Å²) in [5.41, 5.74) is 0. The Hall–Kier alpha value is -3.01. The first-order valence-electron chi connectivity index (χ1n) is 32.2. The van der Waals surface area contributed by atoms with Crippen molar-refractivity contribution in [1.29, 1.82) is 0 Å². The summed E-state index contributed by atoms with van der Waals surface area (Å²) in [6.07, 6.45) is 59.8. The normalized spacial score (nSPS) is 14.8. The number of ether oxygens (including phenoxy) is 3. The largest absolute Gasteiger partial charge is 0.472 e. The molecule has 0 aromatic rings. The number of unbranched alkanes of at least 4 members (excludes halogenated alkanes) is 26. The second kappa shape index (κ2) is 59.3. The standard InChI is InChI=1S/C65H116O16P2/c1-4-7-10-13-16-19-22-23-24-25-26-27-28-29-30-31-32-33-34-35-38-40-42-45-48-51-63(68)75-54-60(66)55-77-82(71,72)78-56-61(67)57-79-83(73,74)80-59-62(81-65(70)53-50-47-44-41-37-21-18-15-12-9-6-3)58-76-64(69)52-49-46-43-39-36-20-17-14-11-8-5-2/h7,10,14,16-17,19,23-24,26-27,29-30,60-62,66-67H,4-6,8-9,11-13,15,18,20-22,25,28,31-59H2,1-3H3,(H,71,72)(H,73,74)/b10-7-,17-14-,19-16-,24-23-,27-26-,30-29-. The molecule has 0 radical (unpaired) electrons. The summed E-state index contributed by atoms with van der Waals surface area (Å²) in [7, 11) is -9.75. The molecule has 0 aromatic carbocycles. The second-order valence-electron chi connectivity index (χ2n) is 21.5. The number of hydrogen-bond donors (Lipinski definition) is 4. The van der Waals surface area contributed by atoms with Crippen LogP contribution in [0.1, 0.15) is 265 Å². The molecule has 5 unspecified atom stereocenters. The highest BCUT2D eigenvalue weighted by Crippen LogP contribution is 2.45. The fraction of sp³-hybridized carbons (Fsp3) is 0.769. The van der Waals surface area contributed by atoms with Crippen molar-refractivity contribution in [3.8, 4) is 0 Å². The zero-order valence-corrected chi connectivity index (χ0v) is 53.6. The zero-order chi connectivity index (χ0) is 61.0. The van der Waals surface area contributed by atoms with Gasteiger partial charge in [-0.1, -0.05) is 235 Å². The van der Waals surface area contributed by atoms with E-state index in [9.17, 15) is 43.5 Å². The lowest BCUT2D eigenvalue weighted by Gasteiger charge is -2.21. The van der Waals surface area contributed by atoms with E-state index in [1.165, 1.54) is 77.0 Å². The maximum atomic E-state index is 12.8. The number of carbonyl (C=O) groups is 3. The van der Waals surface area contributed by atoms with Crippen LogP contribution in [0, 0.1) is 0 Å². The van der Waals surface area contributed by atoms with Gasteiger partial charge in [-0.15, -0.1) is 0 Å². The smallest absolute Gasteiger partial charge is 0.463 e. The van der Waals surface area contributed by atoms with Crippen LogP contribution in [0.4, 0.5) is 0 Å². The molecule has 0 aliphatic rings. The van der Waals surface area contributed by atoms with Crippen LogP contribution in [-0.2, 0) is 55.8 Å². The fourth-order valence-electron chi connectivity index (χ4n) is 8.46. The van der Waals surface area contributed by atoms with Crippen molar-refractivity contribution >= 4 is 33.6 Å². The van der Waals surface area contributed by atoms with Gasteiger partial charge in [0.1, 0.15) is 25.4 Å². The number of aliphatic hydroxyl groups is 2. The predicted molar refractivity (Wildman–Crippen MR) is 335 cm³/mol. The van der Waals surface area contributed by atoms with Gasteiger partial charge in [-0.2, -0.15) is 0 Å². The number of phosphoric acid groups is 2. The fourth-order valence-corrected chi connectivity index (χ4v) is 10.0. The first kappa shape index (κ1) is 80.0. The van der Waals surface area contributed by atoms with Gasteiger partial charge in [0, 0.05) is 19.3 Å². The molecule has 83 heavy (non-hydrogen) atoms. The molecule has 0 amide bonds. The van der Waals surface area contributed by atoms with Crippen molar-refractivity contribution in [2.45, 2.75) is 283 Å². The summed E-state index contributed by atoms with van der Waals surface area (Å²) < 4.78 is 60.6. The van der Waals surface area contributed by atoms with E-state index in [4.69, 9.17) is 32.3 Å². The van der Waals surface area contributed by atoms with E-state index in [0.717, 1.165) is 128 Å². The monoisotopic (exact) mass is 1210 g/mol. The predicted octanol–water partition coefficient (Wildman–Crippen LogP) is 17.2. The van der Waals surface area contributed by atoms with Crippen LogP contribution in [-0.4, -0.2) is 95.9 Å². The number of carbonyl (C=O) groups excluding carboxylic acids is 3. The van der Waals surface area contributed by atoms with E-state index >= 15 is 0 Å². The van der Waals surface area contributed by atoms with E-state index in [0.29, 0.717) is 19.3 Å². The Balaban J connectivity index is 4.44. The zero-order valence-electron chi connectivity index (χ0n) is 51.9. The topological polar surface area (TPSA) is 231 Å². The lowest BCUT2D eigenvalue weighted by Crippen LogP contribution is -2.30. The van der Waals surface area contributed by atoms with Crippen LogP contribution in [0.2, 0.25) is 0 Å². The quantitative estimate of drug-likeness (QED) is 0.0146. The summed E-state index contributed by atoms with van der Waals surface area (Å²) in [4.78, 5) is 58.0. The Morgan fingerprint density at radius 2 is 0.651 bits per heavy atom. The molecule has 482 valence electrons. The minimum Gasteiger partial charge on any atom is -0.463 e. The second-order valence-corrected chi connectivity index (χ2v) is 24.4. The number of hydrogen-bond acceptors (Lipinski definition) is 14. The van der Waals surface area contributed by atoms with Crippen molar-refractivity contribution in [2.24, 2.45) is 0 Å². The highest BCUT2D eigenvalue weighted by molar-refractivity contribution is 7.47. The van der Waals surface area contributed by atoms with Gasteiger partial charge in [0.15, 0.2) is 6.10 Å². The minimum atomic E-state index is -4.91. The molecule has 0 aliphatic carbocycles. The number of esters is 3. The van der Waals surface area contributed by atoms with Crippen LogP contribution in [0.5, 0.6) is 0 Å². The highest BCUT2D eigenvalue weighted by Gasteiger charge is 2.29. The third kappa shape index (κ3) is 60.5. The van der Waals surface area contributed by atoms with Gasteiger partial charge in [-0.25, -0.2) is 9.13 Å². The molecule has 0 saturated carbocycles. The third-order valence-electron chi connectivity index (χ3n) is 13.4. The maximum Gasteiger partial charge on any atom is 0.472 e. The Morgan fingerprint density at radius 3 is 1.06 bits per heavy atom.